The molecule has 0 aliphatic heterocycles. The van der Waals surface area contributed by atoms with Crippen molar-refractivity contribution >= 4 is 12.3 Å². The van der Waals surface area contributed by atoms with Crippen LogP contribution in [0.3, 0.4) is 0 Å². The molecule has 3 aromatic carbocycles. The third-order valence-corrected chi connectivity index (χ3v) is 5.07. The van der Waals surface area contributed by atoms with Crippen molar-refractivity contribution < 1.29 is 14.3 Å². The Hall–Kier alpha value is -3.60. The van der Waals surface area contributed by atoms with Gasteiger partial charge in [-0.3, -0.25) is 0 Å². The third-order valence-electron chi connectivity index (χ3n) is 5.07. The number of nitrogens with one attached hydrogen (secondary N) is 1. The molecule has 3 aromatic rings. The molecule has 0 aromatic heterocycles. The van der Waals surface area contributed by atoms with Gasteiger partial charge in [0.25, 0.3) is 0 Å². The van der Waals surface area contributed by atoms with E-state index in [0.717, 1.165) is 10.3 Å². The van der Waals surface area contributed by atoms with Gasteiger partial charge < -0.3 is 15.3 Å². The van der Waals surface area contributed by atoms with Crippen LogP contribution < -0.4 is 5.32 Å². The number of ether oxygens (including phenoxy) is 1. The summed E-state index contributed by atoms with van der Waals surface area (Å²) in [6.07, 6.45) is 0.866. The molecule has 0 fully saturated rings. The topological polar surface area (TPSA) is 64.4 Å². The number of benzene rings is 3. The summed E-state index contributed by atoms with van der Waals surface area (Å²) in [6.45, 7) is 0.616. The van der Waals surface area contributed by atoms with Crippen LogP contribution in [0.2, 0.25) is 0 Å². The number of carbonyl (C=O) groups is 1. The molecule has 5 nitrogen and oxygen atoms in total. The van der Waals surface area contributed by atoms with E-state index < -0.39 is 6.09 Å². The average molecular weight is 386 g/mol. The standard InChI is InChI=1S/C24H22N2O3/c27-24(25-14-15-26(28)16-18-8-2-1-3-9-18)29-17-23-21-12-6-4-10-19(21)20-11-5-7-13-22(20)23/h1-13,15,23H,14,16-17H2,(H,25,27)/b26-15-. The number of fused-ring (bicyclic) bond motifs is 3. The Bertz CT molecular complexity index is 986. The van der Waals surface area contributed by atoms with Crippen molar-refractivity contribution in [1.29, 1.82) is 0 Å². The van der Waals surface area contributed by atoms with Crippen LogP contribution in [0.4, 0.5) is 4.79 Å². The van der Waals surface area contributed by atoms with Gasteiger partial charge in [-0.25, -0.2) is 9.53 Å². The van der Waals surface area contributed by atoms with Crippen LogP contribution in [-0.4, -0.2) is 30.2 Å². The highest BCUT2D eigenvalue weighted by molar-refractivity contribution is 5.79. The van der Waals surface area contributed by atoms with E-state index in [-0.39, 0.29) is 25.6 Å². The fourth-order valence-electron chi connectivity index (χ4n) is 3.71. The number of hydrogen-bond acceptors (Lipinski definition) is 3. The highest BCUT2D eigenvalue weighted by Gasteiger charge is 2.28. The van der Waals surface area contributed by atoms with Crippen molar-refractivity contribution in [2.75, 3.05) is 13.2 Å². The first-order valence-corrected chi connectivity index (χ1v) is 9.62. The number of carbonyl (C=O) groups excluding carboxylic acids is 1. The molecule has 1 aliphatic rings. The smallest absolute Gasteiger partial charge is 0.407 e. The van der Waals surface area contributed by atoms with Gasteiger partial charge in [0.15, 0.2) is 12.8 Å². The Labute approximate surface area is 169 Å². The molecule has 0 radical (unpaired) electrons. The minimum atomic E-state index is -0.531. The zero-order chi connectivity index (χ0) is 20.1. The van der Waals surface area contributed by atoms with Crippen molar-refractivity contribution in [1.82, 2.24) is 5.32 Å². The maximum atomic E-state index is 12.1. The molecule has 0 spiro atoms. The molecule has 1 amide bonds. The summed E-state index contributed by atoms with van der Waals surface area (Å²) in [6, 6.07) is 25.8. The second kappa shape index (κ2) is 8.61. The van der Waals surface area contributed by atoms with Crippen LogP contribution in [0.25, 0.3) is 11.1 Å². The lowest BCUT2D eigenvalue weighted by molar-refractivity contribution is -0.470. The number of amides is 1. The van der Waals surface area contributed by atoms with Crippen LogP contribution in [0.1, 0.15) is 22.6 Å². The maximum Gasteiger partial charge on any atom is 0.407 e. The van der Waals surface area contributed by atoms with E-state index in [1.54, 1.807) is 0 Å². The van der Waals surface area contributed by atoms with Gasteiger partial charge in [-0.1, -0.05) is 78.9 Å². The fourth-order valence-corrected chi connectivity index (χ4v) is 3.71. The summed E-state index contributed by atoms with van der Waals surface area (Å²) < 4.78 is 6.25. The molecule has 1 aliphatic carbocycles. The van der Waals surface area contributed by atoms with Crippen molar-refractivity contribution in [2.45, 2.75) is 12.5 Å². The lowest BCUT2D eigenvalue weighted by atomic mass is 9.98. The highest BCUT2D eigenvalue weighted by Crippen LogP contribution is 2.44. The minimum absolute atomic E-state index is 0.0196. The van der Waals surface area contributed by atoms with Gasteiger partial charge in [0.1, 0.15) is 6.61 Å². The van der Waals surface area contributed by atoms with E-state index in [9.17, 15) is 10.0 Å². The second-order valence-electron chi connectivity index (χ2n) is 6.95. The van der Waals surface area contributed by atoms with E-state index in [1.165, 1.54) is 28.5 Å². The number of rotatable bonds is 6. The average Bonchev–Trinajstić information content (AvgIpc) is 3.07. The van der Waals surface area contributed by atoms with Gasteiger partial charge in [-0.15, -0.1) is 0 Å². The summed E-state index contributed by atoms with van der Waals surface area (Å²) >= 11 is 0. The van der Waals surface area contributed by atoms with Crippen molar-refractivity contribution in [3.8, 4) is 11.1 Å². The summed E-state index contributed by atoms with van der Waals surface area (Å²) in [7, 11) is 0. The van der Waals surface area contributed by atoms with Crippen LogP contribution in [-0.2, 0) is 11.3 Å². The largest absolute Gasteiger partial charge is 0.624 e. The number of hydrogen-bond donors (Lipinski definition) is 1. The van der Waals surface area contributed by atoms with Crippen molar-refractivity contribution in [3.63, 3.8) is 0 Å². The summed E-state index contributed by atoms with van der Waals surface area (Å²) in [4.78, 5) is 12.1. The van der Waals surface area contributed by atoms with Gasteiger partial charge >= 0.3 is 6.09 Å². The van der Waals surface area contributed by atoms with Gasteiger partial charge in [-0.2, -0.15) is 0 Å². The number of nitrogens with zero attached hydrogens (tertiary/aromatic N) is 1. The summed E-state index contributed by atoms with van der Waals surface area (Å²) in [5.74, 6) is 0.0196. The molecule has 4 rings (SSSR count). The van der Waals surface area contributed by atoms with Gasteiger partial charge in [0.2, 0.25) is 0 Å². The van der Waals surface area contributed by atoms with Crippen LogP contribution >= 0.6 is 0 Å². The first-order chi connectivity index (χ1) is 14.2. The zero-order valence-electron chi connectivity index (χ0n) is 16.0. The zero-order valence-corrected chi connectivity index (χ0v) is 16.0. The monoisotopic (exact) mass is 386 g/mol. The normalized spacial score (nSPS) is 12.9. The molecule has 0 unspecified atom stereocenters. The Kier molecular flexibility index (Phi) is 5.56. The molecule has 0 saturated carbocycles. The molecule has 5 heteroatoms. The first-order valence-electron chi connectivity index (χ1n) is 9.62. The Balaban J connectivity index is 1.32. The first kappa shape index (κ1) is 18.7. The molecule has 0 saturated heterocycles. The molecule has 29 heavy (non-hydrogen) atoms. The Morgan fingerprint density at radius 2 is 1.52 bits per heavy atom. The van der Waals surface area contributed by atoms with Crippen molar-refractivity contribution in [3.05, 3.63) is 101 Å². The van der Waals surface area contributed by atoms with Gasteiger partial charge in [0, 0.05) is 11.5 Å². The van der Waals surface area contributed by atoms with E-state index in [0.29, 0.717) is 0 Å². The predicted octanol–water partition coefficient (Wildman–Crippen LogP) is 4.31. The predicted molar refractivity (Wildman–Crippen MR) is 113 cm³/mol. The number of alkyl carbamates (subject to hydrolysis) is 1. The Morgan fingerprint density at radius 3 is 2.17 bits per heavy atom. The van der Waals surface area contributed by atoms with Gasteiger partial charge in [-0.05, 0) is 22.3 Å². The fraction of sp³-hybridized carbons (Fsp3) is 0.167. The van der Waals surface area contributed by atoms with E-state index in [4.69, 9.17) is 4.74 Å². The van der Waals surface area contributed by atoms with Crippen LogP contribution in [0.5, 0.6) is 0 Å². The van der Waals surface area contributed by atoms with E-state index in [2.05, 4.69) is 29.6 Å². The molecule has 146 valence electrons. The quantitative estimate of drug-likeness (QED) is 0.297. The Morgan fingerprint density at radius 1 is 0.931 bits per heavy atom. The van der Waals surface area contributed by atoms with Crippen LogP contribution in [0.15, 0.2) is 78.9 Å². The molecular formula is C24H22N2O3. The molecule has 0 atom stereocenters. The van der Waals surface area contributed by atoms with Gasteiger partial charge in [0.05, 0.1) is 6.54 Å². The van der Waals surface area contributed by atoms with E-state index in [1.807, 2.05) is 54.6 Å². The molecule has 0 heterocycles. The number of hydroxylamine groups is 1. The van der Waals surface area contributed by atoms with Crippen molar-refractivity contribution in [2.24, 2.45) is 0 Å². The lowest BCUT2D eigenvalue weighted by Gasteiger charge is -2.14. The second-order valence-corrected chi connectivity index (χ2v) is 6.95. The molecule has 0 bridgehead atoms. The molecule has 1 N–H and O–H groups in total. The lowest BCUT2D eigenvalue weighted by Crippen LogP contribution is -2.29. The maximum absolute atomic E-state index is 12.1. The SMILES string of the molecule is O=C(NC/C=[N+](\[O-])Cc1ccccc1)OCC1c2ccccc2-c2ccccc21. The minimum Gasteiger partial charge on any atom is -0.624 e. The summed E-state index contributed by atoms with van der Waals surface area (Å²) in [5, 5.41) is 14.5. The summed E-state index contributed by atoms with van der Waals surface area (Å²) in [5.41, 5.74) is 5.63. The highest BCUT2D eigenvalue weighted by atomic mass is 16.5. The third kappa shape index (κ3) is 4.29. The van der Waals surface area contributed by atoms with E-state index >= 15 is 0 Å². The molecular weight excluding hydrogens is 364 g/mol. The van der Waals surface area contributed by atoms with Crippen LogP contribution in [0, 0.1) is 5.21 Å².